The molecule has 6 heteroatoms. The van der Waals surface area contributed by atoms with Gasteiger partial charge in [0, 0.05) is 0 Å². The first-order valence-corrected chi connectivity index (χ1v) is 6.47. The van der Waals surface area contributed by atoms with Crippen molar-refractivity contribution in [3.05, 3.63) is 42.0 Å². The molecule has 6 nitrogen and oxygen atoms in total. The maximum Gasteiger partial charge on any atom is 0.407 e. The first kappa shape index (κ1) is 13.2. The molecule has 2 aromatic carbocycles. The number of carbonyl (C=O) groups excluding carboxylic acids is 1. The van der Waals surface area contributed by atoms with Crippen LogP contribution in [0.3, 0.4) is 0 Å². The molecule has 0 radical (unpaired) electrons. The zero-order valence-electron chi connectivity index (χ0n) is 11.0. The van der Waals surface area contributed by atoms with Crippen molar-refractivity contribution in [2.24, 2.45) is 0 Å². The van der Waals surface area contributed by atoms with Crippen molar-refractivity contribution in [3.63, 3.8) is 0 Å². The van der Waals surface area contributed by atoms with Gasteiger partial charge in [-0.3, -0.25) is 0 Å². The highest BCUT2D eigenvalue weighted by Gasteiger charge is 2.24. The van der Waals surface area contributed by atoms with Crippen molar-refractivity contribution in [2.45, 2.75) is 6.10 Å². The van der Waals surface area contributed by atoms with Gasteiger partial charge in [0.05, 0.1) is 6.54 Å². The molecule has 21 heavy (non-hydrogen) atoms. The van der Waals surface area contributed by atoms with Gasteiger partial charge >= 0.3 is 12.1 Å². The minimum Gasteiger partial charge on any atom is -0.489 e. The molecular weight excluding hydrogens is 274 g/mol. The summed E-state index contributed by atoms with van der Waals surface area (Å²) < 4.78 is 10.5. The number of benzene rings is 2. The van der Waals surface area contributed by atoms with Crippen molar-refractivity contribution < 1.29 is 24.2 Å². The van der Waals surface area contributed by atoms with E-state index < -0.39 is 18.2 Å². The lowest BCUT2D eigenvalue weighted by atomic mass is 10.0. The van der Waals surface area contributed by atoms with E-state index >= 15 is 0 Å². The molecule has 1 atom stereocenters. The van der Waals surface area contributed by atoms with E-state index in [9.17, 15) is 14.7 Å². The number of amides is 1. The van der Waals surface area contributed by atoms with E-state index in [4.69, 9.17) is 9.47 Å². The molecule has 1 aliphatic heterocycles. The van der Waals surface area contributed by atoms with E-state index in [0.29, 0.717) is 11.9 Å². The van der Waals surface area contributed by atoms with Crippen molar-refractivity contribution in [1.82, 2.24) is 5.32 Å². The number of fused-ring (bicyclic) bond motifs is 1. The molecule has 1 heterocycles. The molecule has 108 valence electrons. The zero-order chi connectivity index (χ0) is 14.8. The molecule has 1 aliphatic rings. The van der Waals surface area contributed by atoms with Crippen LogP contribution >= 0.6 is 0 Å². The van der Waals surface area contributed by atoms with E-state index in [1.807, 2.05) is 12.1 Å². The van der Waals surface area contributed by atoms with E-state index in [1.54, 1.807) is 24.3 Å². The Morgan fingerprint density at radius 2 is 2.14 bits per heavy atom. The Bertz CT molecular complexity index is 712. The third kappa shape index (κ3) is 2.60. The molecule has 0 bridgehead atoms. The molecule has 2 N–H and O–H groups in total. The average Bonchev–Trinajstić information content (AvgIpc) is 2.89. The number of hydrogen-bond donors (Lipinski definition) is 2. The molecule has 1 unspecified atom stereocenters. The highest BCUT2D eigenvalue weighted by atomic mass is 16.6. The number of aromatic carboxylic acids is 1. The molecule has 0 spiro atoms. The molecular formula is C15H13NO5. The van der Waals surface area contributed by atoms with Crippen LogP contribution in [0.4, 0.5) is 4.79 Å². The topological polar surface area (TPSA) is 84.9 Å². The first-order valence-electron chi connectivity index (χ1n) is 6.47. The van der Waals surface area contributed by atoms with Crippen molar-refractivity contribution in [2.75, 3.05) is 13.2 Å². The second-order valence-electron chi connectivity index (χ2n) is 4.68. The van der Waals surface area contributed by atoms with Gasteiger partial charge in [-0.2, -0.15) is 0 Å². The largest absolute Gasteiger partial charge is 0.489 e. The minimum absolute atomic E-state index is 0.108. The predicted molar refractivity (Wildman–Crippen MR) is 74.7 cm³/mol. The highest BCUT2D eigenvalue weighted by Crippen LogP contribution is 2.28. The number of rotatable bonds is 4. The van der Waals surface area contributed by atoms with Crippen molar-refractivity contribution in [1.29, 1.82) is 0 Å². The van der Waals surface area contributed by atoms with E-state index in [1.165, 1.54) is 0 Å². The predicted octanol–water partition coefficient (Wildman–Crippen LogP) is 2.03. The summed E-state index contributed by atoms with van der Waals surface area (Å²) in [6, 6.07) is 10.6. The highest BCUT2D eigenvalue weighted by molar-refractivity contribution is 6.06. The van der Waals surface area contributed by atoms with E-state index in [2.05, 4.69) is 5.32 Å². The molecule has 1 fully saturated rings. The summed E-state index contributed by atoms with van der Waals surface area (Å²) in [5, 5.41) is 13.4. The minimum atomic E-state index is -1.05. The van der Waals surface area contributed by atoms with Crippen LogP contribution in [0.2, 0.25) is 0 Å². The van der Waals surface area contributed by atoms with Gasteiger partial charge < -0.3 is 19.9 Å². The summed E-state index contributed by atoms with van der Waals surface area (Å²) in [4.78, 5) is 22.4. The molecule has 2 aromatic rings. The quantitative estimate of drug-likeness (QED) is 0.898. The van der Waals surface area contributed by atoms with Crippen LogP contribution in [0, 0.1) is 0 Å². The number of carboxylic acid groups (broad SMARTS) is 1. The SMILES string of the molecule is O=C1NCC(COc2ccc3ccccc3c2C(=O)O)O1. The molecule has 0 saturated carbocycles. The van der Waals surface area contributed by atoms with E-state index in [-0.39, 0.29) is 17.9 Å². The lowest BCUT2D eigenvalue weighted by Gasteiger charge is -2.13. The second kappa shape index (κ2) is 5.32. The maximum atomic E-state index is 11.5. The first-order chi connectivity index (χ1) is 10.1. The van der Waals surface area contributed by atoms with Crippen LogP contribution < -0.4 is 10.1 Å². The Balaban J connectivity index is 1.89. The fraction of sp³-hybridized carbons (Fsp3) is 0.200. The summed E-state index contributed by atoms with van der Waals surface area (Å²) >= 11 is 0. The molecule has 0 aromatic heterocycles. The van der Waals surface area contributed by atoms with Gasteiger partial charge in [-0.05, 0) is 16.8 Å². The fourth-order valence-corrected chi connectivity index (χ4v) is 2.30. The van der Waals surface area contributed by atoms with Crippen LogP contribution in [0.5, 0.6) is 5.75 Å². The normalized spacial score (nSPS) is 17.3. The zero-order valence-corrected chi connectivity index (χ0v) is 11.0. The number of nitrogens with one attached hydrogen (secondary N) is 1. The summed E-state index contributed by atoms with van der Waals surface area (Å²) in [5.74, 6) is -0.785. The Labute approximate surface area is 120 Å². The van der Waals surface area contributed by atoms with Gasteiger partial charge in [-0.25, -0.2) is 9.59 Å². The van der Waals surface area contributed by atoms with Gasteiger partial charge in [-0.1, -0.05) is 30.3 Å². The standard InChI is InChI=1S/C15H13NO5/c17-14(18)13-11-4-2-1-3-9(11)5-6-12(13)20-8-10-7-16-15(19)21-10/h1-6,10H,7-8H2,(H,16,19)(H,17,18). The smallest absolute Gasteiger partial charge is 0.407 e. The lowest BCUT2D eigenvalue weighted by molar-refractivity contribution is 0.0686. The fourth-order valence-electron chi connectivity index (χ4n) is 2.30. The molecule has 0 aliphatic carbocycles. The lowest BCUT2D eigenvalue weighted by Crippen LogP contribution is -2.22. The summed E-state index contributed by atoms with van der Waals surface area (Å²) in [7, 11) is 0. The van der Waals surface area contributed by atoms with Gasteiger partial charge in [0.1, 0.15) is 17.9 Å². The molecule has 3 rings (SSSR count). The second-order valence-corrected chi connectivity index (χ2v) is 4.68. The van der Waals surface area contributed by atoms with E-state index in [0.717, 1.165) is 5.39 Å². The van der Waals surface area contributed by atoms with Crippen molar-refractivity contribution >= 4 is 22.8 Å². The molecule has 1 amide bonds. The van der Waals surface area contributed by atoms with Gasteiger partial charge in [0.15, 0.2) is 6.10 Å². The summed E-state index contributed by atoms with van der Waals surface area (Å²) in [6.07, 6.45) is -0.897. The number of carboxylic acids is 1. The monoisotopic (exact) mass is 287 g/mol. The van der Waals surface area contributed by atoms with Crippen LogP contribution in [-0.2, 0) is 4.74 Å². The van der Waals surface area contributed by atoms with Crippen molar-refractivity contribution in [3.8, 4) is 5.75 Å². The number of cyclic esters (lactones) is 1. The van der Waals surface area contributed by atoms with Crippen LogP contribution in [-0.4, -0.2) is 36.4 Å². The van der Waals surface area contributed by atoms with Crippen LogP contribution in [0.15, 0.2) is 36.4 Å². The summed E-state index contributed by atoms with van der Waals surface area (Å²) in [5.41, 5.74) is 0.116. The average molecular weight is 287 g/mol. The Hall–Kier alpha value is -2.76. The number of ether oxygens (including phenoxy) is 2. The maximum absolute atomic E-state index is 11.5. The third-order valence-electron chi connectivity index (χ3n) is 3.28. The number of alkyl carbamates (subject to hydrolysis) is 1. The Kier molecular flexibility index (Phi) is 3.35. The number of hydrogen-bond acceptors (Lipinski definition) is 4. The number of carbonyl (C=O) groups is 2. The van der Waals surface area contributed by atoms with Crippen LogP contribution in [0.1, 0.15) is 10.4 Å². The Morgan fingerprint density at radius 1 is 1.33 bits per heavy atom. The summed E-state index contributed by atoms with van der Waals surface area (Å²) in [6.45, 7) is 0.464. The Morgan fingerprint density at radius 3 is 2.86 bits per heavy atom. The van der Waals surface area contributed by atoms with Gasteiger partial charge in [-0.15, -0.1) is 0 Å². The van der Waals surface area contributed by atoms with Gasteiger partial charge in [0.2, 0.25) is 0 Å². The van der Waals surface area contributed by atoms with Crippen LogP contribution in [0.25, 0.3) is 10.8 Å². The third-order valence-corrected chi connectivity index (χ3v) is 3.28. The molecule has 1 saturated heterocycles. The van der Waals surface area contributed by atoms with Gasteiger partial charge in [0.25, 0.3) is 0 Å².